The molecule has 0 aliphatic rings. The third-order valence-corrected chi connectivity index (χ3v) is 2.68. The summed E-state index contributed by atoms with van der Waals surface area (Å²) in [5.74, 6) is 0. The predicted molar refractivity (Wildman–Crippen MR) is 83.5 cm³/mol. The molecule has 0 aliphatic heterocycles. The number of aromatic nitrogens is 2. The van der Waals surface area contributed by atoms with Gasteiger partial charge in [-0.3, -0.25) is 9.97 Å². The molecule has 0 saturated carbocycles. The summed E-state index contributed by atoms with van der Waals surface area (Å²) >= 11 is 4.64. The Kier molecular flexibility index (Phi) is 7.89. The molecule has 0 spiro atoms. The van der Waals surface area contributed by atoms with Crippen molar-refractivity contribution in [3.8, 4) is 22.5 Å². The molecular weight excluding hydrogens is 463 g/mol. The van der Waals surface area contributed by atoms with Crippen molar-refractivity contribution in [3.05, 3.63) is 73.1 Å². The molecule has 0 aliphatic carbocycles. The maximum absolute atomic E-state index is 4.64. The Morgan fingerprint density at radius 2 is 1.19 bits per heavy atom. The van der Waals surface area contributed by atoms with Crippen LogP contribution in [-0.2, 0) is 21.1 Å². The molecule has 21 heavy (non-hydrogen) atoms. The Hall–Kier alpha value is -1.50. The number of halogens is 1. The van der Waals surface area contributed by atoms with Gasteiger partial charge in [-0.05, 0) is 12.1 Å². The van der Waals surface area contributed by atoms with E-state index in [-0.39, 0.29) is 21.1 Å². The minimum atomic E-state index is 0. The first-order chi connectivity index (χ1) is 9.93. The van der Waals surface area contributed by atoms with Crippen LogP contribution in [0.1, 0.15) is 0 Å². The average Bonchev–Trinajstić information content (AvgIpc) is 2.58. The molecule has 2 aromatic heterocycles. The molecule has 0 saturated heterocycles. The Bertz CT molecular complexity index is 590. The van der Waals surface area contributed by atoms with E-state index < -0.39 is 0 Å². The second-order valence-corrected chi connectivity index (χ2v) is 3.91. The summed E-state index contributed by atoms with van der Waals surface area (Å²) in [5, 5.41) is 0. The predicted octanol–water partition coefficient (Wildman–Crippen LogP) is 4.46. The van der Waals surface area contributed by atoms with E-state index in [1.165, 1.54) is 6.38 Å². The first-order valence-electron chi connectivity index (χ1n) is 6.16. The van der Waals surface area contributed by atoms with Crippen molar-refractivity contribution in [2.24, 2.45) is 0 Å². The summed E-state index contributed by atoms with van der Waals surface area (Å²) in [6.07, 6.45) is 5.05. The first kappa shape index (κ1) is 17.5. The van der Waals surface area contributed by atoms with Gasteiger partial charge in [0.2, 0.25) is 0 Å². The number of hydrogen-bond donors (Lipinski definition) is 0. The zero-order valence-corrected chi connectivity index (χ0v) is 14.5. The molecule has 0 amide bonds. The fourth-order valence-electron chi connectivity index (χ4n) is 1.81. The van der Waals surface area contributed by atoms with Gasteiger partial charge in [0.05, 0.1) is 0 Å². The molecule has 0 fully saturated rings. The minimum absolute atomic E-state index is 0. The molecular formula is C17H14ClN2Pt-. The second-order valence-electron chi connectivity index (χ2n) is 3.91. The van der Waals surface area contributed by atoms with Crippen molar-refractivity contribution in [1.82, 2.24) is 9.97 Å². The van der Waals surface area contributed by atoms with E-state index in [0.29, 0.717) is 0 Å². The molecule has 3 rings (SSSR count). The smallest absolute Gasteiger partial charge is 0.0183 e. The second kappa shape index (κ2) is 9.44. The molecule has 3 aromatic rings. The van der Waals surface area contributed by atoms with Gasteiger partial charge in [0, 0.05) is 51.2 Å². The monoisotopic (exact) mass is 476 g/mol. The Balaban J connectivity index is 0.000000706. The third-order valence-electron chi connectivity index (χ3n) is 2.68. The van der Waals surface area contributed by atoms with Gasteiger partial charge in [-0.1, -0.05) is 35.4 Å². The molecule has 0 N–H and O–H groups in total. The Labute approximate surface area is 144 Å². The third kappa shape index (κ3) is 4.77. The van der Waals surface area contributed by atoms with Gasteiger partial charge in [0.1, 0.15) is 0 Å². The van der Waals surface area contributed by atoms with Crippen LogP contribution in [-0.4, -0.2) is 16.4 Å². The van der Waals surface area contributed by atoms with Crippen LogP contribution >= 0.6 is 11.6 Å². The largest absolute Gasteiger partial charge is 0.295 e. The van der Waals surface area contributed by atoms with Crippen LogP contribution in [0.3, 0.4) is 0 Å². The zero-order chi connectivity index (χ0) is 14.2. The van der Waals surface area contributed by atoms with E-state index in [1.807, 2.05) is 54.6 Å². The molecule has 2 nitrogen and oxygen atoms in total. The van der Waals surface area contributed by atoms with Gasteiger partial charge in [-0.2, -0.15) is 0 Å². The fraction of sp³-hybridized carbons (Fsp3) is 0.0588. The van der Waals surface area contributed by atoms with E-state index in [4.69, 9.17) is 0 Å². The normalized spacial score (nSPS) is 9.05. The van der Waals surface area contributed by atoms with Crippen LogP contribution in [0.5, 0.6) is 0 Å². The van der Waals surface area contributed by atoms with Crippen LogP contribution in [0.2, 0.25) is 0 Å². The molecule has 0 radical (unpaired) electrons. The SMILES string of the molecule is CCl.[Pt].[c-]1c(-c2ccccn2)cccc1-c1ccccn1. The molecule has 0 unspecified atom stereocenters. The summed E-state index contributed by atoms with van der Waals surface area (Å²) in [6, 6.07) is 21.1. The summed E-state index contributed by atoms with van der Waals surface area (Å²) < 4.78 is 0. The van der Waals surface area contributed by atoms with Crippen LogP contribution in [0.15, 0.2) is 67.0 Å². The van der Waals surface area contributed by atoms with Crippen LogP contribution in [0.4, 0.5) is 0 Å². The topological polar surface area (TPSA) is 25.8 Å². The minimum Gasteiger partial charge on any atom is -0.295 e. The fourth-order valence-corrected chi connectivity index (χ4v) is 1.81. The number of benzene rings is 1. The Morgan fingerprint density at radius 3 is 1.57 bits per heavy atom. The van der Waals surface area contributed by atoms with Gasteiger partial charge in [-0.25, -0.2) is 0 Å². The molecule has 0 atom stereocenters. The van der Waals surface area contributed by atoms with Crippen molar-refractivity contribution in [2.75, 3.05) is 6.38 Å². The van der Waals surface area contributed by atoms with E-state index in [9.17, 15) is 0 Å². The van der Waals surface area contributed by atoms with Gasteiger partial charge < -0.3 is 0 Å². The van der Waals surface area contributed by atoms with Crippen LogP contribution in [0.25, 0.3) is 22.5 Å². The van der Waals surface area contributed by atoms with Crippen molar-refractivity contribution < 1.29 is 21.1 Å². The summed E-state index contributed by atoms with van der Waals surface area (Å²) in [7, 11) is 0. The number of alkyl halides is 1. The molecule has 0 bridgehead atoms. The van der Waals surface area contributed by atoms with Gasteiger partial charge >= 0.3 is 0 Å². The van der Waals surface area contributed by atoms with Crippen molar-refractivity contribution in [1.29, 1.82) is 0 Å². The van der Waals surface area contributed by atoms with E-state index in [0.717, 1.165) is 22.5 Å². The van der Waals surface area contributed by atoms with Crippen molar-refractivity contribution >= 4 is 11.6 Å². The molecule has 110 valence electrons. The van der Waals surface area contributed by atoms with Crippen LogP contribution in [0, 0.1) is 6.07 Å². The number of nitrogens with zero attached hydrogens (tertiary/aromatic N) is 2. The maximum Gasteiger partial charge on any atom is 0.0183 e. The molecule has 4 heteroatoms. The first-order valence-corrected chi connectivity index (χ1v) is 6.92. The van der Waals surface area contributed by atoms with Crippen LogP contribution < -0.4 is 0 Å². The van der Waals surface area contributed by atoms with E-state index in [2.05, 4.69) is 27.6 Å². The standard InChI is InChI=1S/C16H11N2.CH3Cl.Pt/c1-3-10-17-15(8-1)13-6-5-7-14(12-13)16-9-2-4-11-18-16;1-2;/h1-11H;1H3;/q-1;;. The number of pyridine rings is 2. The van der Waals surface area contributed by atoms with E-state index in [1.54, 1.807) is 12.4 Å². The van der Waals surface area contributed by atoms with E-state index >= 15 is 0 Å². The summed E-state index contributed by atoms with van der Waals surface area (Å²) in [6.45, 7) is 0. The summed E-state index contributed by atoms with van der Waals surface area (Å²) in [4.78, 5) is 8.66. The number of hydrogen-bond acceptors (Lipinski definition) is 2. The van der Waals surface area contributed by atoms with Gasteiger partial charge in [0.15, 0.2) is 0 Å². The maximum atomic E-state index is 4.64. The zero-order valence-electron chi connectivity index (χ0n) is 11.4. The molecule has 1 aromatic carbocycles. The molecule has 2 heterocycles. The van der Waals surface area contributed by atoms with Crippen molar-refractivity contribution in [2.45, 2.75) is 0 Å². The van der Waals surface area contributed by atoms with Gasteiger partial charge in [0.25, 0.3) is 0 Å². The number of rotatable bonds is 2. The van der Waals surface area contributed by atoms with Gasteiger partial charge in [-0.15, -0.1) is 35.9 Å². The average molecular weight is 477 g/mol. The quantitative estimate of drug-likeness (QED) is 0.403. The summed E-state index contributed by atoms with van der Waals surface area (Å²) in [5.41, 5.74) is 3.82. The Morgan fingerprint density at radius 1 is 0.714 bits per heavy atom. The van der Waals surface area contributed by atoms with Crippen molar-refractivity contribution in [3.63, 3.8) is 0 Å².